The summed E-state index contributed by atoms with van der Waals surface area (Å²) in [5, 5.41) is 0. The molecule has 0 atom stereocenters. The van der Waals surface area contributed by atoms with Gasteiger partial charge in [0.15, 0.2) is 0 Å². The minimum atomic E-state index is 1.22. The maximum atomic E-state index is 2.42. The molecule has 0 radical (unpaired) electrons. The highest BCUT2D eigenvalue weighted by molar-refractivity contribution is 5.81. The zero-order valence-electron chi connectivity index (χ0n) is 17.1. The van der Waals surface area contributed by atoms with Gasteiger partial charge < -0.3 is 4.90 Å². The van der Waals surface area contributed by atoms with Crippen LogP contribution in [0.25, 0.3) is 0 Å². The first kappa shape index (κ1) is 18.3. The first-order chi connectivity index (χ1) is 12.2. The number of hydrogen-bond donors (Lipinski definition) is 0. The van der Waals surface area contributed by atoms with Gasteiger partial charge in [-0.05, 0) is 106 Å². The van der Waals surface area contributed by atoms with Crippen LogP contribution in [0.5, 0.6) is 0 Å². The molecular formula is C25H29N. The van der Waals surface area contributed by atoms with E-state index >= 15 is 0 Å². The van der Waals surface area contributed by atoms with Crippen molar-refractivity contribution in [2.45, 2.75) is 48.5 Å². The average molecular weight is 344 g/mol. The van der Waals surface area contributed by atoms with E-state index in [1.807, 2.05) is 0 Å². The highest BCUT2D eigenvalue weighted by Crippen LogP contribution is 2.40. The highest BCUT2D eigenvalue weighted by atomic mass is 15.1. The van der Waals surface area contributed by atoms with Crippen LogP contribution < -0.4 is 4.90 Å². The van der Waals surface area contributed by atoms with Crippen molar-refractivity contribution >= 4 is 17.1 Å². The highest BCUT2D eigenvalue weighted by Gasteiger charge is 2.18. The fourth-order valence-electron chi connectivity index (χ4n) is 4.09. The Bertz CT molecular complexity index is 851. The maximum absolute atomic E-state index is 2.42. The first-order valence-electron chi connectivity index (χ1n) is 9.29. The van der Waals surface area contributed by atoms with E-state index in [1.54, 1.807) is 0 Å². The van der Waals surface area contributed by atoms with Crippen molar-refractivity contribution in [1.29, 1.82) is 0 Å². The van der Waals surface area contributed by atoms with Crippen molar-refractivity contribution in [2.75, 3.05) is 4.90 Å². The zero-order chi connectivity index (χ0) is 19.0. The summed E-state index contributed by atoms with van der Waals surface area (Å²) in [4.78, 5) is 2.42. The Morgan fingerprint density at radius 1 is 0.423 bits per heavy atom. The number of anilines is 3. The number of aryl methyl sites for hydroxylation is 7. The van der Waals surface area contributed by atoms with Crippen LogP contribution in [-0.2, 0) is 0 Å². The van der Waals surface area contributed by atoms with Crippen LogP contribution in [0.15, 0.2) is 48.5 Å². The lowest BCUT2D eigenvalue weighted by molar-refractivity contribution is 1.18. The van der Waals surface area contributed by atoms with Crippen molar-refractivity contribution in [2.24, 2.45) is 0 Å². The Balaban J connectivity index is 2.33. The Hall–Kier alpha value is -2.54. The Labute approximate surface area is 158 Å². The second-order valence-electron chi connectivity index (χ2n) is 7.77. The lowest BCUT2D eigenvalue weighted by atomic mass is 10.0. The molecule has 0 heterocycles. The molecule has 3 aromatic rings. The Morgan fingerprint density at radius 3 is 1.08 bits per heavy atom. The third-order valence-corrected chi connectivity index (χ3v) is 4.79. The second-order valence-corrected chi connectivity index (χ2v) is 7.77. The van der Waals surface area contributed by atoms with Gasteiger partial charge in [-0.3, -0.25) is 0 Å². The van der Waals surface area contributed by atoms with E-state index in [0.717, 1.165) is 0 Å². The summed E-state index contributed by atoms with van der Waals surface area (Å²) >= 11 is 0. The Morgan fingerprint density at radius 2 is 0.731 bits per heavy atom. The van der Waals surface area contributed by atoms with Gasteiger partial charge in [-0.1, -0.05) is 29.8 Å². The van der Waals surface area contributed by atoms with Gasteiger partial charge in [-0.2, -0.15) is 0 Å². The SMILES string of the molecule is Cc1cc(C)cc(N(c2cc(C)cc(C)c2)c2c(C)cc(C)cc2C)c1. The fraction of sp³-hybridized carbons (Fsp3) is 0.280. The predicted molar refractivity (Wildman–Crippen MR) is 114 cm³/mol. The summed E-state index contributed by atoms with van der Waals surface area (Å²) in [5.74, 6) is 0. The average Bonchev–Trinajstić information content (AvgIpc) is 2.48. The van der Waals surface area contributed by atoms with Crippen molar-refractivity contribution in [3.8, 4) is 0 Å². The summed E-state index contributed by atoms with van der Waals surface area (Å²) in [7, 11) is 0. The molecule has 3 aromatic carbocycles. The zero-order valence-corrected chi connectivity index (χ0v) is 17.1. The molecule has 26 heavy (non-hydrogen) atoms. The summed E-state index contributed by atoms with van der Waals surface area (Å²) in [5.41, 5.74) is 12.8. The summed E-state index contributed by atoms with van der Waals surface area (Å²) in [6, 6.07) is 18.1. The minimum Gasteiger partial charge on any atom is -0.310 e. The lowest BCUT2D eigenvalue weighted by Gasteiger charge is -2.30. The molecule has 0 amide bonds. The second kappa shape index (κ2) is 6.99. The van der Waals surface area contributed by atoms with Gasteiger partial charge in [0.05, 0.1) is 5.69 Å². The molecule has 0 aliphatic heterocycles. The van der Waals surface area contributed by atoms with Crippen LogP contribution in [-0.4, -0.2) is 0 Å². The van der Waals surface area contributed by atoms with Gasteiger partial charge in [0.25, 0.3) is 0 Å². The third kappa shape index (κ3) is 3.67. The van der Waals surface area contributed by atoms with Crippen molar-refractivity contribution < 1.29 is 0 Å². The molecule has 0 N–H and O–H groups in total. The molecule has 0 aliphatic carbocycles. The van der Waals surface area contributed by atoms with Crippen LogP contribution in [0.4, 0.5) is 17.1 Å². The fourth-order valence-corrected chi connectivity index (χ4v) is 4.09. The van der Waals surface area contributed by atoms with Crippen molar-refractivity contribution in [3.05, 3.63) is 87.5 Å². The maximum Gasteiger partial charge on any atom is 0.0520 e. The molecule has 0 bridgehead atoms. The number of nitrogens with zero attached hydrogens (tertiary/aromatic N) is 1. The van der Waals surface area contributed by atoms with Crippen LogP contribution >= 0.6 is 0 Å². The van der Waals surface area contributed by atoms with Crippen molar-refractivity contribution in [1.82, 2.24) is 0 Å². The Kier molecular flexibility index (Phi) is 4.91. The van der Waals surface area contributed by atoms with Crippen LogP contribution in [0.3, 0.4) is 0 Å². The van der Waals surface area contributed by atoms with Gasteiger partial charge in [-0.15, -0.1) is 0 Å². The van der Waals surface area contributed by atoms with Gasteiger partial charge in [0.2, 0.25) is 0 Å². The monoisotopic (exact) mass is 343 g/mol. The predicted octanol–water partition coefficient (Wildman–Crippen LogP) is 7.32. The molecule has 1 nitrogen and oxygen atoms in total. The van der Waals surface area contributed by atoms with Crippen molar-refractivity contribution in [3.63, 3.8) is 0 Å². The van der Waals surface area contributed by atoms with Gasteiger partial charge in [0.1, 0.15) is 0 Å². The van der Waals surface area contributed by atoms with E-state index in [0.29, 0.717) is 0 Å². The van der Waals surface area contributed by atoms with Crippen LogP contribution in [0.1, 0.15) is 38.9 Å². The normalized spacial score (nSPS) is 10.9. The summed E-state index contributed by atoms with van der Waals surface area (Å²) < 4.78 is 0. The summed E-state index contributed by atoms with van der Waals surface area (Å²) in [6.07, 6.45) is 0. The van der Waals surface area contributed by atoms with E-state index < -0.39 is 0 Å². The first-order valence-corrected chi connectivity index (χ1v) is 9.29. The lowest BCUT2D eigenvalue weighted by Crippen LogP contribution is -2.14. The number of rotatable bonds is 3. The molecule has 134 valence electrons. The largest absolute Gasteiger partial charge is 0.310 e. The molecule has 0 aromatic heterocycles. The van der Waals surface area contributed by atoms with Crippen LogP contribution in [0, 0.1) is 48.5 Å². The number of hydrogen-bond acceptors (Lipinski definition) is 1. The van der Waals surface area contributed by atoms with Gasteiger partial charge in [-0.25, -0.2) is 0 Å². The topological polar surface area (TPSA) is 3.24 Å². The van der Waals surface area contributed by atoms with E-state index in [4.69, 9.17) is 0 Å². The molecule has 0 saturated carbocycles. The van der Waals surface area contributed by atoms with Gasteiger partial charge >= 0.3 is 0 Å². The van der Waals surface area contributed by atoms with E-state index in [2.05, 4.69) is 102 Å². The molecule has 0 unspecified atom stereocenters. The molecule has 0 saturated heterocycles. The van der Waals surface area contributed by atoms with E-state index in [1.165, 1.54) is 56.0 Å². The molecular weight excluding hydrogens is 314 g/mol. The molecule has 1 heteroatoms. The summed E-state index contributed by atoms with van der Waals surface area (Å²) in [6.45, 7) is 15.3. The van der Waals surface area contributed by atoms with E-state index in [-0.39, 0.29) is 0 Å². The molecule has 0 aliphatic rings. The smallest absolute Gasteiger partial charge is 0.0520 e. The molecule has 0 spiro atoms. The van der Waals surface area contributed by atoms with E-state index in [9.17, 15) is 0 Å². The van der Waals surface area contributed by atoms with Gasteiger partial charge in [0, 0.05) is 11.4 Å². The number of benzene rings is 3. The third-order valence-electron chi connectivity index (χ3n) is 4.79. The van der Waals surface area contributed by atoms with Crippen LogP contribution in [0.2, 0.25) is 0 Å². The standard InChI is InChI=1S/C25H29N/c1-16-8-17(2)13-23(12-16)26(24-14-18(3)9-19(4)15-24)25-21(6)10-20(5)11-22(25)7/h8-15H,1-7H3. The molecule has 0 fully saturated rings. The quantitative estimate of drug-likeness (QED) is 0.481. The molecule has 3 rings (SSSR count). The minimum absolute atomic E-state index is 1.22.